The number of nitrogens with one attached hydrogen (secondary N) is 2. The number of fused-ring (bicyclic) bond motifs is 1. The minimum Gasteiger partial charge on any atom is -0.342 e. The van der Waals surface area contributed by atoms with Gasteiger partial charge in [-0.15, -0.1) is 0 Å². The molecule has 0 aliphatic carbocycles. The third-order valence-electron chi connectivity index (χ3n) is 4.91. The lowest BCUT2D eigenvalue weighted by atomic mass is 9.81. The van der Waals surface area contributed by atoms with Crippen molar-refractivity contribution in [3.8, 4) is 6.07 Å². The predicted molar refractivity (Wildman–Crippen MR) is 94.7 cm³/mol. The Morgan fingerprint density at radius 3 is 2.69 bits per heavy atom. The molecule has 4 heterocycles. The summed E-state index contributed by atoms with van der Waals surface area (Å²) in [5.41, 5.74) is 0.454. The fourth-order valence-corrected chi connectivity index (χ4v) is 3.63. The monoisotopic (exact) mass is 350 g/mol. The van der Waals surface area contributed by atoms with Crippen molar-refractivity contribution in [3.05, 3.63) is 46.0 Å². The van der Waals surface area contributed by atoms with Crippen molar-refractivity contribution in [2.75, 3.05) is 23.3 Å². The normalized spacial score (nSPS) is 22.3. The molecule has 2 aliphatic heterocycles. The van der Waals surface area contributed by atoms with Gasteiger partial charge in [-0.1, -0.05) is 6.07 Å². The number of aromatic nitrogens is 3. The van der Waals surface area contributed by atoms with Crippen molar-refractivity contribution in [3.63, 3.8) is 0 Å². The minimum absolute atomic E-state index is 0.224. The minimum atomic E-state index is -1.03. The molecule has 26 heavy (non-hydrogen) atoms. The van der Waals surface area contributed by atoms with E-state index in [1.54, 1.807) is 24.4 Å². The molecule has 8 heteroatoms. The number of amides is 1. The van der Waals surface area contributed by atoms with Gasteiger partial charge in [-0.25, -0.2) is 0 Å². The molecule has 0 spiro atoms. The van der Waals surface area contributed by atoms with Gasteiger partial charge in [0.25, 0.3) is 5.56 Å². The number of nitriles is 1. The van der Waals surface area contributed by atoms with Crippen LogP contribution in [0, 0.1) is 17.2 Å². The lowest BCUT2D eigenvalue weighted by molar-refractivity contribution is -0.119. The molecular weight excluding hydrogens is 332 g/mol. The third-order valence-corrected chi connectivity index (χ3v) is 4.91. The van der Waals surface area contributed by atoms with Crippen molar-refractivity contribution >= 4 is 17.7 Å². The Balaban J connectivity index is 1.84. The van der Waals surface area contributed by atoms with Gasteiger partial charge in [0.15, 0.2) is 0 Å². The number of rotatable bonds is 2. The Labute approximate surface area is 149 Å². The largest absolute Gasteiger partial charge is 0.342 e. The highest BCUT2D eigenvalue weighted by molar-refractivity contribution is 5.97. The fraction of sp³-hybridized carbons (Fsp3) is 0.389. The number of hydrogen-bond donors (Lipinski definition) is 2. The molecule has 4 rings (SSSR count). The maximum absolute atomic E-state index is 12.9. The van der Waals surface area contributed by atoms with E-state index >= 15 is 0 Å². The van der Waals surface area contributed by atoms with E-state index in [0.717, 1.165) is 32.4 Å². The van der Waals surface area contributed by atoms with E-state index in [1.807, 2.05) is 11.0 Å². The quantitative estimate of drug-likeness (QED) is 0.845. The highest BCUT2D eigenvalue weighted by Gasteiger charge is 2.41. The summed E-state index contributed by atoms with van der Waals surface area (Å²) < 4.78 is 0. The van der Waals surface area contributed by atoms with E-state index in [2.05, 4.69) is 20.3 Å². The van der Waals surface area contributed by atoms with Gasteiger partial charge in [-0.05, 0) is 31.4 Å². The summed E-state index contributed by atoms with van der Waals surface area (Å²) >= 11 is 0. The number of hydrogen-bond acceptors (Lipinski definition) is 6. The highest BCUT2D eigenvalue weighted by atomic mass is 16.2. The number of carbonyl (C=O) groups is 1. The second-order valence-electron chi connectivity index (χ2n) is 6.53. The lowest BCUT2D eigenvalue weighted by Crippen LogP contribution is -2.40. The first kappa shape index (κ1) is 16.3. The second kappa shape index (κ2) is 6.59. The zero-order valence-corrected chi connectivity index (χ0v) is 14.1. The predicted octanol–water partition coefficient (Wildman–Crippen LogP) is 1.38. The standard InChI is InChI=1S/C18H18N6O2/c19-10-11-13(12-6-2-3-7-20-12)14-15(21-16(11)25)22-18(23-17(14)26)24-8-4-1-5-9-24/h2-3,6-7,11,13H,1,4-5,8-9H2,(H2,21,22,23,25,26). The van der Waals surface area contributed by atoms with Gasteiger partial charge in [-0.2, -0.15) is 10.2 Å². The van der Waals surface area contributed by atoms with Crippen LogP contribution in [0.4, 0.5) is 11.8 Å². The van der Waals surface area contributed by atoms with Crippen LogP contribution in [0.3, 0.4) is 0 Å². The average molecular weight is 350 g/mol. The van der Waals surface area contributed by atoms with Crippen LogP contribution in [0.15, 0.2) is 29.2 Å². The van der Waals surface area contributed by atoms with Gasteiger partial charge in [0, 0.05) is 19.3 Å². The van der Waals surface area contributed by atoms with E-state index in [4.69, 9.17) is 0 Å². The maximum atomic E-state index is 12.9. The first-order valence-corrected chi connectivity index (χ1v) is 8.69. The first-order chi connectivity index (χ1) is 12.7. The number of piperidine rings is 1. The van der Waals surface area contributed by atoms with Gasteiger partial charge >= 0.3 is 0 Å². The zero-order valence-electron chi connectivity index (χ0n) is 14.1. The van der Waals surface area contributed by atoms with Crippen LogP contribution in [0.1, 0.15) is 36.4 Å². The van der Waals surface area contributed by atoms with Crippen molar-refractivity contribution in [2.24, 2.45) is 5.92 Å². The summed E-state index contributed by atoms with van der Waals surface area (Å²) in [7, 11) is 0. The molecule has 2 atom stereocenters. The molecule has 2 aliphatic rings. The summed E-state index contributed by atoms with van der Waals surface area (Å²) in [6, 6.07) is 7.24. The van der Waals surface area contributed by atoms with Gasteiger partial charge in [0.05, 0.1) is 23.2 Å². The van der Waals surface area contributed by atoms with Crippen LogP contribution in [0.5, 0.6) is 0 Å². The molecule has 2 N–H and O–H groups in total. The number of anilines is 2. The highest BCUT2D eigenvalue weighted by Crippen LogP contribution is 2.37. The number of H-pyrrole nitrogens is 1. The number of carbonyl (C=O) groups excluding carboxylic acids is 1. The summed E-state index contributed by atoms with van der Waals surface area (Å²) in [6.45, 7) is 1.64. The molecule has 0 aromatic carbocycles. The summed E-state index contributed by atoms with van der Waals surface area (Å²) in [5, 5.41) is 12.1. The molecule has 1 saturated heterocycles. The van der Waals surface area contributed by atoms with E-state index in [-0.39, 0.29) is 16.9 Å². The zero-order chi connectivity index (χ0) is 18.1. The van der Waals surface area contributed by atoms with Crippen molar-refractivity contribution in [1.82, 2.24) is 15.0 Å². The van der Waals surface area contributed by atoms with E-state index in [9.17, 15) is 14.9 Å². The van der Waals surface area contributed by atoms with Gasteiger partial charge < -0.3 is 10.2 Å². The van der Waals surface area contributed by atoms with Gasteiger partial charge in [-0.3, -0.25) is 19.6 Å². The van der Waals surface area contributed by atoms with Crippen LogP contribution in [0.2, 0.25) is 0 Å². The Kier molecular flexibility index (Phi) is 4.13. The van der Waals surface area contributed by atoms with E-state index < -0.39 is 17.7 Å². The SMILES string of the molecule is N#CC1C(=O)Nc2nc(N3CCCCC3)[nH]c(=O)c2C1c1ccccn1. The summed E-state index contributed by atoms with van der Waals surface area (Å²) in [5.74, 6) is -1.54. The molecule has 2 aromatic rings. The fourth-order valence-electron chi connectivity index (χ4n) is 3.63. The third kappa shape index (κ3) is 2.71. The topological polar surface area (TPSA) is 115 Å². The van der Waals surface area contributed by atoms with Crippen LogP contribution in [-0.4, -0.2) is 33.9 Å². The molecule has 2 unspecified atom stereocenters. The van der Waals surface area contributed by atoms with Crippen LogP contribution < -0.4 is 15.8 Å². The van der Waals surface area contributed by atoms with Crippen molar-refractivity contribution in [1.29, 1.82) is 5.26 Å². The van der Waals surface area contributed by atoms with E-state index in [1.165, 1.54) is 0 Å². The molecule has 0 radical (unpaired) electrons. The molecular formula is C18H18N6O2. The molecule has 0 saturated carbocycles. The van der Waals surface area contributed by atoms with Crippen molar-refractivity contribution in [2.45, 2.75) is 25.2 Å². The second-order valence-corrected chi connectivity index (χ2v) is 6.53. The maximum Gasteiger partial charge on any atom is 0.258 e. The van der Waals surface area contributed by atoms with Crippen LogP contribution in [0.25, 0.3) is 0 Å². The summed E-state index contributed by atoms with van der Waals surface area (Å²) in [4.78, 5) is 38.9. The average Bonchev–Trinajstić information content (AvgIpc) is 2.68. The number of pyridine rings is 1. The summed E-state index contributed by atoms with van der Waals surface area (Å²) in [6.07, 6.45) is 4.83. The lowest BCUT2D eigenvalue weighted by Gasteiger charge is -2.30. The Hall–Kier alpha value is -3.21. The first-order valence-electron chi connectivity index (χ1n) is 8.69. The molecule has 1 amide bonds. The van der Waals surface area contributed by atoms with Gasteiger partial charge in [0.1, 0.15) is 11.7 Å². The molecule has 2 aromatic heterocycles. The molecule has 132 valence electrons. The Morgan fingerprint density at radius 1 is 1.19 bits per heavy atom. The van der Waals surface area contributed by atoms with Crippen LogP contribution >= 0.6 is 0 Å². The molecule has 8 nitrogen and oxygen atoms in total. The van der Waals surface area contributed by atoms with Gasteiger partial charge in [0.2, 0.25) is 11.9 Å². The van der Waals surface area contributed by atoms with Crippen molar-refractivity contribution < 1.29 is 4.79 Å². The number of aromatic amines is 1. The Bertz CT molecular complexity index is 927. The Morgan fingerprint density at radius 2 is 2.00 bits per heavy atom. The van der Waals surface area contributed by atoms with Crippen LogP contribution in [-0.2, 0) is 4.79 Å². The van der Waals surface area contributed by atoms with E-state index in [0.29, 0.717) is 11.6 Å². The number of nitrogens with zero attached hydrogens (tertiary/aromatic N) is 4. The smallest absolute Gasteiger partial charge is 0.258 e. The molecule has 1 fully saturated rings. The molecule has 0 bridgehead atoms.